The summed E-state index contributed by atoms with van der Waals surface area (Å²) in [6.07, 6.45) is 6.79. The smallest absolute Gasteiger partial charge is 0.355 e. The van der Waals surface area contributed by atoms with Crippen molar-refractivity contribution in [1.82, 2.24) is 10.3 Å². The van der Waals surface area contributed by atoms with Crippen LogP contribution in [0.2, 0.25) is 5.02 Å². The Morgan fingerprint density at radius 3 is 1.26 bits per heavy atom. The Labute approximate surface area is 754 Å². The van der Waals surface area contributed by atoms with Crippen LogP contribution >= 0.6 is 11.6 Å². The van der Waals surface area contributed by atoms with Gasteiger partial charge in [-0.25, -0.2) is 74.8 Å². The van der Waals surface area contributed by atoms with Gasteiger partial charge in [0.25, 0.3) is 11.8 Å². The first-order valence-corrected chi connectivity index (χ1v) is 46.3. The number of methoxy groups -OCH3 is 1. The maximum atomic E-state index is 13.6. The van der Waals surface area contributed by atoms with E-state index in [1.807, 2.05) is 77.1 Å². The van der Waals surface area contributed by atoms with Crippen LogP contribution in [0.25, 0.3) is 43.9 Å². The second-order valence-corrected chi connectivity index (χ2v) is 38.5. The third-order valence-corrected chi connectivity index (χ3v) is 28.3. The number of aromatic nitrogens is 2. The lowest BCUT2D eigenvalue weighted by Crippen LogP contribution is -2.15. The van der Waals surface area contributed by atoms with Crippen LogP contribution in [0, 0.1) is 88.9 Å². The van der Waals surface area contributed by atoms with Gasteiger partial charge >= 0.3 is 22.5 Å². The molecule has 0 saturated heterocycles. The fourth-order valence-electron chi connectivity index (χ4n) is 13.9. The number of nitriles is 1. The molecular formula is C96H75ClF5N5O21S4. The van der Waals surface area contributed by atoms with E-state index in [1.165, 1.54) is 104 Å². The minimum Gasteiger partial charge on any atom is -0.497 e. The van der Waals surface area contributed by atoms with Gasteiger partial charge in [0.2, 0.25) is 39.3 Å². The van der Waals surface area contributed by atoms with Gasteiger partial charge in [-0.15, -0.1) is 0 Å². The van der Waals surface area contributed by atoms with Crippen molar-refractivity contribution in [2.45, 2.75) is 133 Å². The molecule has 0 spiro atoms. The standard InChI is InChI=1S/C17H11NO4S.C16H11ClO4S.C16H9F3O4S.C16H10F2O5S.C16H18N2O2.C15H16N2O2/c1-11-5-6-15-13(7-11)9-16(17(19)22-15)23(20,21)14-4-2-3-12(8-14)10-18;1-10-5-6-14-11(7-10)8-15(16(18)21-14)22(19,20)13-4-2-3-12(17)9-13;1-8-4-11(2-3-12(8)18)24(21,22)14-6-9-5-10(17)7-13(19)15(9)23-16(14)20;1-22-11-2-4-12(5-3-11)24(20,21)14-7-9-6-10(17)8-13(18)15(9)23-16(14)19;1-10-7-8-12(9-11(10)2)17-16(19)15-13-5-3-4-6-14(13)20-18-15;1-9-6-7-11(8-10(9)2)16-15(18)14-12-4-3-5-13(12)19-17-14/h2-9H,1H3;2-9H,1H3;2-7H,1H3;2-8H,1H3;7-9H,3-6H2,1-2H3,(H,17,19);6-8H,3-5H2,1-2H3,(H,16,18). The Bertz CT molecular complexity index is 8110. The molecule has 2 aliphatic rings. The van der Waals surface area contributed by atoms with Crippen LogP contribution in [-0.2, 0) is 65.0 Å². The SMILES string of the molecule is COc1ccc(S(=O)(=O)c2cc3cc(F)cc(F)c3oc2=O)cc1.Cc1cc(S(=O)(=O)c2cc3cc(F)cc(F)c3oc2=O)ccc1F.Cc1ccc(NC(=O)c2noc3c2CCC3)cc1C.Cc1ccc(NC(=O)c2noc3c2CCCC3)cc1C.Cc1ccc2oc(=O)c(S(=O)(=O)c3cccc(C#N)c3)cc2c1.Cc1ccc2oc(=O)c(S(=O)(=O)c3cccc(Cl)c3)cc2c1. The van der Waals surface area contributed by atoms with E-state index in [-0.39, 0.29) is 58.3 Å². The van der Waals surface area contributed by atoms with Crippen LogP contribution in [0.5, 0.6) is 5.75 Å². The normalized spacial score (nSPS) is 12.2. The van der Waals surface area contributed by atoms with E-state index >= 15 is 0 Å². The van der Waals surface area contributed by atoms with E-state index in [1.54, 1.807) is 42.5 Å². The summed E-state index contributed by atoms with van der Waals surface area (Å²) in [7, 11) is -15.2. The highest BCUT2D eigenvalue weighted by atomic mass is 35.5. The third-order valence-electron chi connectivity index (χ3n) is 21.1. The topological polar surface area (TPSA) is 401 Å². The number of hydrogen-bond donors (Lipinski definition) is 2. The second kappa shape index (κ2) is 39.4. The predicted molar refractivity (Wildman–Crippen MR) is 477 cm³/mol. The fourth-order valence-corrected chi connectivity index (χ4v) is 19.5. The highest BCUT2D eigenvalue weighted by Gasteiger charge is 2.32. The summed E-state index contributed by atoms with van der Waals surface area (Å²) in [6, 6.07) is 50.7. The molecule has 18 rings (SSSR count). The molecule has 0 radical (unpaired) electrons. The van der Waals surface area contributed by atoms with E-state index in [2.05, 4.69) is 32.3 Å². The summed E-state index contributed by atoms with van der Waals surface area (Å²) in [5.41, 5.74) is 6.56. The Balaban J connectivity index is 0.000000135. The maximum absolute atomic E-state index is 13.6. The Hall–Kier alpha value is -14.6. The lowest BCUT2D eigenvalue weighted by atomic mass is 9.96. The number of rotatable bonds is 13. The zero-order chi connectivity index (χ0) is 95.2. The molecule has 10 aromatic carbocycles. The zero-order valence-corrected chi connectivity index (χ0v) is 75.0. The van der Waals surface area contributed by atoms with Crippen LogP contribution in [0.4, 0.5) is 33.3 Å². The van der Waals surface area contributed by atoms with Gasteiger partial charge in [0, 0.05) is 74.0 Å². The molecule has 0 saturated carbocycles. The number of carbonyl (C=O) groups is 2. The zero-order valence-electron chi connectivity index (χ0n) is 71.0. The van der Waals surface area contributed by atoms with Gasteiger partial charge in [-0.1, -0.05) is 69.4 Å². The molecule has 2 N–H and O–H groups in total. The number of carbonyl (C=O) groups excluding carboxylic acids is 2. The summed E-state index contributed by atoms with van der Waals surface area (Å²) in [5, 5.41) is 23.5. The first-order valence-electron chi connectivity index (χ1n) is 40.0. The Kier molecular flexibility index (Phi) is 28.4. The molecule has 0 fully saturated rings. The van der Waals surface area contributed by atoms with Crippen molar-refractivity contribution in [2.24, 2.45) is 0 Å². The van der Waals surface area contributed by atoms with Crippen molar-refractivity contribution in [2.75, 3.05) is 17.7 Å². The molecule has 0 atom stereocenters. The average Bonchev–Trinajstić information content (AvgIpc) is 1.20. The number of benzene rings is 10. The summed E-state index contributed by atoms with van der Waals surface area (Å²) in [6.45, 7) is 13.2. The molecule has 0 bridgehead atoms. The first-order chi connectivity index (χ1) is 62.6. The molecule has 2 aliphatic carbocycles. The monoisotopic (exact) mass is 1890 g/mol. The molecular weight excluding hydrogens is 1820 g/mol. The molecule has 26 nitrogen and oxygen atoms in total. The third kappa shape index (κ3) is 21.1. The molecule has 0 aliphatic heterocycles. The quantitative estimate of drug-likeness (QED) is 0.0615. The molecule has 36 heteroatoms. The van der Waals surface area contributed by atoms with E-state index in [4.69, 9.17) is 43.9 Å². The van der Waals surface area contributed by atoms with Crippen molar-refractivity contribution in [3.05, 3.63) is 367 Å². The van der Waals surface area contributed by atoms with Crippen LogP contribution < -0.4 is 37.9 Å². The van der Waals surface area contributed by atoms with Crippen molar-refractivity contribution >= 4 is 118 Å². The van der Waals surface area contributed by atoms with Gasteiger partial charge in [-0.05, 0) is 272 Å². The van der Waals surface area contributed by atoms with Crippen LogP contribution in [0.15, 0.2) is 297 Å². The predicted octanol–water partition coefficient (Wildman–Crippen LogP) is 19.1. The van der Waals surface area contributed by atoms with Crippen molar-refractivity contribution in [1.29, 1.82) is 5.26 Å². The largest absolute Gasteiger partial charge is 0.497 e. The number of anilines is 2. The van der Waals surface area contributed by atoms with Crippen molar-refractivity contribution in [3.63, 3.8) is 0 Å². The van der Waals surface area contributed by atoms with Gasteiger partial charge in [-0.3, -0.25) is 9.59 Å². The Morgan fingerprint density at radius 2 is 0.811 bits per heavy atom. The van der Waals surface area contributed by atoms with E-state index < -0.39 is 122 Å². The van der Waals surface area contributed by atoms with E-state index in [9.17, 15) is 84.4 Å². The minimum absolute atomic E-state index is 0.0423. The Morgan fingerprint density at radius 1 is 0.402 bits per heavy atom. The summed E-state index contributed by atoms with van der Waals surface area (Å²) >= 11 is 5.83. The molecule has 132 heavy (non-hydrogen) atoms. The summed E-state index contributed by atoms with van der Waals surface area (Å²) < 4.78 is 203. The van der Waals surface area contributed by atoms with Crippen LogP contribution in [0.1, 0.15) is 107 Å². The highest BCUT2D eigenvalue weighted by Crippen LogP contribution is 2.33. The lowest BCUT2D eigenvalue weighted by molar-refractivity contribution is 0.100. The van der Waals surface area contributed by atoms with Gasteiger partial charge in [-0.2, -0.15) is 5.26 Å². The molecule has 6 aromatic heterocycles. The minimum atomic E-state index is -4.34. The van der Waals surface area contributed by atoms with Gasteiger partial charge < -0.3 is 42.1 Å². The molecule has 676 valence electrons. The number of hydrogen-bond acceptors (Lipinski definition) is 24. The number of amides is 2. The first kappa shape index (κ1) is 95.0. The highest BCUT2D eigenvalue weighted by molar-refractivity contribution is 7.92. The number of nitrogens with one attached hydrogen (secondary N) is 2. The molecule has 0 unspecified atom stereocenters. The van der Waals surface area contributed by atoms with Gasteiger partial charge in [0.15, 0.2) is 53.8 Å². The van der Waals surface area contributed by atoms with Crippen molar-refractivity contribution < 1.29 is 96.7 Å². The van der Waals surface area contributed by atoms with Crippen LogP contribution in [-0.4, -0.2) is 62.9 Å². The molecule has 16 aromatic rings. The number of sulfone groups is 4. The number of ether oxygens (including phenoxy) is 1. The molecule has 2 amide bonds. The van der Waals surface area contributed by atoms with Crippen LogP contribution in [0.3, 0.4) is 0 Å². The summed E-state index contributed by atoms with van der Waals surface area (Å²) in [4.78, 5) is 69.6. The number of nitrogens with zero attached hydrogens (tertiary/aromatic N) is 3. The van der Waals surface area contributed by atoms with Gasteiger partial charge in [0.05, 0.1) is 38.3 Å². The average molecular weight is 1890 g/mol. The number of fused-ring (bicyclic) bond motifs is 6. The second-order valence-electron chi connectivity index (χ2n) is 30.4. The number of halogens is 6. The maximum Gasteiger partial charge on any atom is 0.355 e. The van der Waals surface area contributed by atoms with E-state index in [0.717, 1.165) is 144 Å². The fraction of sp³-hybridized carbons (Fsp3) is 0.156. The molecule has 6 heterocycles. The lowest BCUT2D eigenvalue weighted by Gasteiger charge is -2.10. The van der Waals surface area contributed by atoms with E-state index in [0.29, 0.717) is 51.2 Å². The van der Waals surface area contributed by atoms with Gasteiger partial charge in [0.1, 0.15) is 45.9 Å². The summed E-state index contributed by atoms with van der Waals surface area (Å²) in [5.74, 6) is -2.87. The van der Waals surface area contributed by atoms with Crippen molar-refractivity contribution in [3.8, 4) is 11.8 Å². The number of aryl methyl sites for hydroxylation is 9.